The van der Waals surface area contributed by atoms with E-state index in [9.17, 15) is 19.5 Å². The number of carbonyl (C=O) groups is 3. The maximum absolute atomic E-state index is 12.1. The molecule has 0 aromatic rings. The van der Waals surface area contributed by atoms with E-state index in [2.05, 4.69) is 0 Å². The summed E-state index contributed by atoms with van der Waals surface area (Å²) in [6.45, 7) is 3.87. The molecule has 1 aliphatic rings. The second-order valence-electron chi connectivity index (χ2n) is 5.57. The van der Waals surface area contributed by atoms with Crippen molar-refractivity contribution in [3.63, 3.8) is 0 Å². The minimum Gasteiger partial charge on any atom is -0.481 e. The Morgan fingerprint density at radius 1 is 1.37 bits per heavy atom. The van der Waals surface area contributed by atoms with Crippen LogP contribution in [0.4, 0.5) is 0 Å². The van der Waals surface area contributed by atoms with E-state index in [4.69, 9.17) is 10.8 Å². The van der Waals surface area contributed by atoms with Crippen LogP contribution < -0.4 is 5.73 Å². The van der Waals surface area contributed by atoms with Crippen LogP contribution in [-0.4, -0.2) is 51.6 Å². The molecule has 0 aliphatic carbocycles. The van der Waals surface area contributed by atoms with Crippen LogP contribution in [0.2, 0.25) is 0 Å². The quantitative estimate of drug-likeness (QED) is 0.656. The van der Waals surface area contributed by atoms with E-state index in [1.54, 1.807) is 13.8 Å². The molecule has 2 atom stereocenters. The van der Waals surface area contributed by atoms with Gasteiger partial charge in [-0.25, -0.2) is 4.79 Å². The first kappa shape index (κ1) is 15.4. The molecule has 1 fully saturated rings. The van der Waals surface area contributed by atoms with Crippen LogP contribution >= 0.6 is 0 Å². The predicted molar refractivity (Wildman–Crippen MR) is 66.4 cm³/mol. The zero-order valence-corrected chi connectivity index (χ0v) is 11.1. The molecular weight excluding hydrogens is 252 g/mol. The van der Waals surface area contributed by atoms with Crippen LogP contribution in [0.1, 0.15) is 33.1 Å². The number of carbonyl (C=O) groups excluding carboxylic acids is 1. The van der Waals surface area contributed by atoms with E-state index >= 15 is 0 Å². The van der Waals surface area contributed by atoms with Crippen LogP contribution in [0, 0.1) is 5.41 Å². The van der Waals surface area contributed by atoms with Gasteiger partial charge in [0, 0.05) is 6.54 Å². The summed E-state index contributed by atoms with van der Waals surface area (Å²) in [4.78, 5) is 35.3. The van der Waals surface area contributed by atoms with Crippen molar-refractivity contribution in [3.8, 4) is 0 Å². The average Bonchev–Trinajstić information content (AvgIpc) is 2.24. The number of carboxylic acid groups (broad SMARTS) is 2. The van der Waals surface area contributed by atoms with Crippen LogP contribution in [0.3, 0.4) is 0 Å². The number of likely N-dealkylation sites (tertiary alicyclic amines) is 1. The van der Waals surface area contributed by atoms with Gasteiger partial charge in [-0.3, -0.25) is 9.59 Å². The van der Waals surface area contributed by atoms with Gasteiger partial charge in [-0.1, -0.05) is 13.8 Å². The molecule has 1 rings (SSSR count). The minimum absolute atomic E-state index is 0.298. The smallest absolute Gasteiger partial charge is 0.326 e. The standard InChI is InChI=1S/C12H20N2O5/c1-12(2)4-3-5-14(9(12)11(18)19)10(17)7(13)6-8(15)16/h7,9H,3-6,13H2,1-2H3,(H,15,16)(H,18,19). The molecule has 2 unspecified atom stereocenters. The number of hydrogen-bond donors (Lipinski definition) is 3. The van der Waals surface area contributed by atoms with Crippen molar-refractivity contribution in [2.24, 2.45) is 11.1 Å². The summed E-state index contributed by atoms with van der Waals surface area (Å²) in [7, 11) is 0. The van der Waals surface area contributed by atoms with Crippen molar-refractivity contribution in [2.45, 2.75) is 45.2 Å². The van der Waals surface area contributed by atoms with Gasteiger partial charge in [-0.2, -0.15) is 0 Å². The molecule has 1 heterocycles. The second-order valence-corrected chi connectivity index (χ2v) is 5.57. The third-order valence-electron chi connectivity index (χ3n) is 3.50. The lowest BCUT2D eigenvalue weighted by atomic mass is 9.76. The van der Waals surface area contributed by atoms with Crippen LogP contribution in [-0.2, 0) is 14.4 Å². The molecular formula is C12H20N2O5. The molecule has 7 heteroatoms. The van der Waals surface area contributed by atoms with Crippen LogP contribution in [0.15, 0.2) is 0 Å². The molecule has 1 amide bonds. The van der Waals surface area contributed by atoms with Crippen molar-refractivity contribution in [3.05, 3.63) is 0 Å². The molecule has 0 bridgehead atoms. The normalized spacial score (nSPS) is 23.7. The summed E-state index contributed by atoms with van der Waals surface area (Å²) in [5, 5.41) is 17.9. The lowest BCUT2D eigenvalue weighted by Gasteiger charge is -2.44. The van der Waals surface area contributed by atoms with Crippen molar-refractivity contribution in [1.82, 2.24) is 4.90 Å². The number of rotatable bonds is 4. The molecule has 4 N–H and O–H groups in total. The summed E-state index contributed by atoms with van der Waals surface area (Å²) < 4.78 is 0. The third kappa shape index (κ3) is 3.44. The molecule has 0 radical (unpaired) electrons. The van der Waals surface area contributed by atoms with Gasteiger partial charge in [-0.05, 0) is 18.3 Å². The van der Waals surface area contributed by atoms with Crippen molar-refractivity contribution in [1.29, 1.82) is 0 Å². The van der Waals surface area contributed by atoms with Crippen molar-refractivity contribution in [2.75, 3.05) is 6.54 Å². The van der Waals surface area contributed by atoms with Gasteiger partial charge in [-0.15, -0.1) is 0 Å². The molecule has 1 saturated heterocycles. The van der Waals surface area contributed by atoms with Gasteiger partial charge < -0.3 is 20.8 Å². The average molecular weight is 272 g/mol. The van der Waals surface area contributed by atoms with E-state index in [1.807, 2.05) is 0 Å². The first-order valence-electron chi connectivity index (χ1n) is 6.17. The first-order valence-corrected chi connectivity index (χ1v) is 6.17. The molecule has 7 nitrogen and oxygen atoms in total. The monoisotopic (exact) mass is 272 g/mol. The molecule has 0 saturated carbocycles. The van der Waals surface area contributed by atoms with Crippen molar-refractivity contribution < 1.29 is 24.6 Å². The topological polar surface area (TPSA) is 121 Å². The van der Waals surface area contributed by atoms with Gasteiger partial charge in [0.25, 0.3) is 0 Å². The number of amides is 1. The zero-order chi connectivity index (χ0) is 14.8. The zero-order valence-electron chi connectivity index (χ0n) is 11.1. The Morgan fingerprint density at radius 2 is 1.95 bits per heavy atom. The minimum atomic E-state index is -1.20. The van der Waals surface area contributed by atoms with E-state index in [1.165, 1.54) is 4.90 Å². The predicted octanol–water partition coefficient (Wildman–Crippen LogP) is -0.110. The highest BCUT2D eigenvalue weighted by Gasteiger charge is 2.45. The summed E-state index contributed by atoms with van der Waals surface area (Å²) >= 11 is 0. The van der Waals surface area contributed by atoms with Gasteiger partial charge in [0.1, 0.15) is 6.04 Å². The Bertz CT molecular complexity index is 394. The Labute approximate surface area is 111 Å². The fourth-order valence-corrected chi connectivity index (χ4v) is 2.59. The Morgan fingerprint density at radius 3 is 2.42 bits per heavy atom. The SMILES string of the molecule is CC1(C)CCCN(C(=O)C(N)CC(=O)O)C1C(=O)O. The van der Waals surface area contributed by atoms with Crippen LogP contribution in [0.25, 0.3) is 0 Å². The Balaban J connectivity index is 2.93. The van der Waals surface area contributed by atoms with Gasteiger partial charge >= 0.3 is 11.9 Å². The van der Waals surface area contributed by atoms with E-state index < -0.39 is 41.8 Å². The molecule has 19 heavy (non-hydrogen) atoms. The molecule has 108 valence electrons. The van der Waals surface area contributed by atoms with Gasteiger partial charge in [0.05, 0.1) is 12.5 Å². The van der Waals surface area contributed by atoms with Crippen LogP contribution in [0.5, 0.6) is 0 Å². The number of aliphatic carboxylic acids is 2. The number of piperidine rings is 1. The third-order valence-corrected chi connectivity index (χ3v) is 3.50. The van der Waals surface area contributed by atoms with Gasteiger partial charge in [0.2, 0.25) is 5.91 Å². The lowest BCUT2D eigenvalue weighted by Crippen LogP contribution is -2.59. The van der Waals surface area contributed by atoms with Gasteiger partial charge in [0.15, 0.2) is 0 Å². The molecule has 0 aromatic heterocycles. The Hall–Kier alpha value is -1.63. The number of nitrogens with zero attached hydrogens (tertiary/aromatic N) is 1. The molecule has 1 aliphatic heterocycles. The molecule has 0 spiro atoms. The fraction of sp³-hybridized carbons (Fsp3) is 0.750. The van der Waals surface area contributed by atoms with E-state index in [0.29, 0.717) is 19.4 Å². The number of nitrogens with two attached hydrogens (primary N) is 1. The molecule has 0 aromatic carbocycles. The van der Waals surface area contributed by atoms with E-state index in [-0.39, 0.29) is 0 Å². The fourth-order valence-electron chi connectivity index (χ4n) is 2.59. The summed E-state index contributed by atoms with van der Waals surface area (Å²) in [5.41, 5.74) is 4.98. The highest BCUT2D eigenvalue weighted by atomic mass is 16.4. The highest BCUT2D eigenvalue weighted by Crippen LogP contribution is 2.35. The summed E-state index contributed by atoms with van der Waals surface area (Å²) in [6.07, 6.45) is 0.881. The lowest BCUT2D eigenvalue weighted by molar-refractivity contribution is -0.160. The Kier molecular flexibility index (Phi) is 4.52. The maximum Gasteiger partial charge on any atom is 0.326 e. The number of hydrogen-bond acceptors (Lipinski definition) is 4. The summed E-state index contributed by atoms with van der Waals surface area (Å²) in [6, 6.07) is -2.16. The first-order chi connectivity index (χ1) is 8.66. The second kappa shape index (κ2) is 5.56. The largest absolute Gasteiger partial charge is 0.481 e. The highest BCUT2D eigenvalue weighted by molar-refractivity contribution is 5.90. The van der Waals surface area contributed by atoms with E-state index in [0.717, 1.165) is 0 Å². The van der Waals surface area contributed by atoms with Crippen molar-refractivity contribution >= 4 is 17.8 Å². The maximum atomic E-state index is 12.1. The number of carboxylic acids is 2. The summed E-state index contributed by atoms with van der Waals surface area (Å²) in [5.74, 6) is -2.87.